The molecule has 0 saturated carbocycles. The molecule has 0 aliphatic carbocycles. The normalized spacial score (nSPS) is 20.0. The SMILES string of the molecule is CCCCCCC[C@@H]1CN[C@H](C(=O)Nc2cccc(C(=O)O)c2)C1. The first kappa shape index (κ1) is 18.5. The zero-order valence-electron chi connectivity index (χ0n) is 14.4. The van der Waals surface area contributed by atoms with Crippen molar-refractivity contribution in [2.75, 3.05) is 11.9 Å². The van der Waals surface area contributed by atoms with Crippen molar-refractivity contribution in [1.29, 1.82) is 0 Å². The van der Waals surface area contributed by atoms with Gasteiger partial charge < -0.3 is 15.7 Å². The number of hydrogen-bond acceptors (Lipinski definition) is 3. The molecule has 24 heavy (non-hydrogen) atoms. The molecule has 5 nitrogen and oxygen atoms in total. The summed E-state index contributed by atoms with van der Waals surface area (Å²) >= 11 is 0. The summed E-state index contributed by atoms with van der Waals surface area (Å²) in [5.74, 6) is -0.507. The van der Waals surface area contributed by atoms with E-state index in [0.717, 1.165) is 13.0 Å². The smallest absolute Gasteiger partial charge is 0.335 e. The van der Waals surface area contributed by atoms with Gasteiger partial charge in [0.25, 0.3) is 0 Å². The predicted octanol–water partition coefficient (Wildman–Crippen LogP) is 3.66. The molecule has 132 valence electrons. The van der Waals surface area contributed by atoms with Crippen molar-refractivity contribution in [3.8, 4) is 0 Å². The topological polar surface area (TPSA) is 78.4 Å². The number of unbranched alkanes of at least 4 members (excludes halogenated alkanes) is 4. The Balaban J connectivity index is 1.75. The zero-order valence-corrected chi connectivity index (χ0v) is 14.4. The van der Waals surface area contributed by atoms with Gasteiger partial charge in [0.05, 0.1) is 11.6 Å². The van der Waals surface area contributed by atoms with Crippen molar-refractivity contribution >= 4 is 17.6 Å². The molecule has 1 aromatic carbocycles. The van der Waals surface area contributed by atoms with Gasteiger partial charge in [-0.15, -0.1) is 0 Å². The monoisotopic (exact) mass is 332 g/mol. The summed E-state index contributed by atoms with van der Waals surface area (Å²) in [6.45, 7) is 3.11. The lowest BCUT2D eigenvalue weighted by molar-refractivity contribution is -0.117. The molecule has 1 heterocycles. The summed E-state index contributed by atoms with van der Waals surface area (Å²) < 4.78 is 0. The molecular formula is C19H28N2O3. The van der Waals surface area contributed by atoms with E-state index in [9.17, 15) is 9.59 Å². The largest absolute Gasteiger partial charge is 0.478 e. The van der Waals surface area contributed by atoms with Crippen LogP contribution in [-0.2, 0) is 4.79 Å². The number of anilines is 1. The first-order valence-corrected chi connectivity index (χ1v) is 8.97. The third-order valence-electron chi connectivity index (χ3n) is 4.63. The molecule has 0 bridgehead atoms. The molecule has 1 saturated heterocycles. The highest BCUT2D eigenvalue weighted by Crippen LogP contribution is 2.22. The molecule has 0 unspecified atom stereocenters. The van der Waals surface area contributed by atoms with Crippen molar-refractivity contribution in [2.45, 2.75) is 57.9 Å². The lowest BCUT2D eigenvalue weighted by Gasteiger charge is -2.12. The van der Waals surface area contributed by atoms with Crippen molar-refractivity contribution in [2.24, 2.45) is 5.92 Å². The van der Waals surface area contributed by atoms with Crippen molar-refractivity contribution in [3.05, 3.63) is 29.8 Å². The van der Waals surface area contributed by atoms with Gasteiger partial charge in [-0.2, -0.15) is 0 Å². The van der Waals surface area contributed by atoms with Crippen LogP contribution in [0.15, 0.2) is 24.3 Å². The quantitative estimate of drug-likeness (QED) is 0.603. The predicted molar refractivity (Wildman–Crippen MR) is 95.3 cm³/mol. The maximum atomic E-state index is 12.3. The number of carboxylic acid groups (broad SMARTS) is 1. The van der Waals surface area contributed by atoms with Crippen molar-refractivity contribution in [1.82, 2.24) is 5.32 Å². The van der Waals surface area contributed by atoms with Gasteiger partial charge in [0.15, 0.2) is 0 Å². The summed E-state index contributed by atoms with van der Waals surface area (Å²) in [5.41, 5.74) is 0.710. The summed E-state index contributed by atoms with van der Waals surface area (Å²) in [4.78, 5) is 23.3. The highest BCUT2D eigenvalue weighted by Gasteiger charge is 2.29. The van der Waals surface area contributed by atoms with Crippen LogP contribution in [0.25, 0.3) is 0 Å². The van der Waals surface area contributed by atoms with Crippen LogP contribution in [0.1, 0.15) is 62.2 Å². The summed E-state index contributed by atoms with van der Waals surface area (Å²) in [6.07, 6.45) is 8.43. The fraction of sp³-hybridized carbons (Fsp3) is 0.579. The van der Waals surface area contributed by atoms with Crippen LogP contribution in [0.3, 0.4) is 0 Å². The second-order valence-electron chi connectivity index (χ2n) is 6.64. The van der Waals surface area contributed by atoms with Crippen LogP contribution < -0.4 is 10.6 Å². The number of amides is 1. The molecule has 0 radical (unpaired) electrons. The van der Waals surface area contributed by atoms with Gasteiger partial charge in [-0.1, -0.05) is 45.1 Å². The molecule has 3 N–H and O–H groups in total. The van der Waals surface area contributed by atoms with Gasteiger partial charge in [0, 0.05) is 5.69 Å². The van der Waals surface area contributed by atoms with E-state index in [1.807, 2.05) is 0 Å². The minimum atomic E-state index is -0.992. The second-order valence-corrected chi connectivity index (χ2v) is 6.64. The number of carboxylic acids is 1. The summed E-state index contributed by atoms with van der Waals surface area (Å²) in [7, 11) is 0. The molecule has 1 aliphatic heterocycles. The van der Waals surface area contributed by atoms with Gasteiger partial charge in [-0.25, -0.2) is 4.79 Å². The standard InChI is InChI=1S/C19H28N2O3/c1-2-3-4-5-6-8-14-11-17(20-13-14)18(22)21-16-10-7-9-15(12-16)19(23)24/h7,9-10,12,14,17,20H,2-6,8,11,13H2,1H3,(H,21,22)(H,23,24)/t14-,17-/m0/s1. The molecule has 2 rings (SSSR count). The van der Waals surface area contributed by atoms with Crippen molar-refractivity contribution < 1.29 is 14.7 Å². The first-order chi connectivity index (χ1) is 11.6. The molecule has 5 heteroatoms. The van der Waals surface area contributed by atoms with Gasteiger partial charge >= 0.3 is 5.97 Å². The molecule has 2 atom stereocenters. The van der Waals surface area contributed by atoms with E-state index in [0.29, 0.717) is 11.6 Å². The fourth-order valence-corrected chi connectivity index (χ4v) is 3.22. The van der Waals surface area contributed by atoms with Gasteiger partial charge in [0.2, 0.25) is 5.91 Å². The fourth-order valence-electron chi connectivity index (χ4n) is 3.22. The number of hydrogen-bond donors (Lipinski definition) is 3. The highest BCUT2D eigenvalue weighted by atomic mass is 16.4. The minimum absolute atomic E-state index is 0.0778. The van der Waals surface area contributed by atoms with E-state index in [4.69, 9.17) is 5.11 Å². The second kappa shape index (κ2) is 9.42. The third-order valence-corrected chi connectivity index (χ3v) is 4.63. The molecule has 0 aromatic heterocycles. The molecule has 1 aromatic rings. The Hall–Kier alpha value is -1.88. The van der Waals surface area contributed by atoms with E-state index in [1.54, 1.807) is 12.1 Å². The van der Waals surface area contributed by atoms with Gasteiger partial charge in [-0.3, -0.25) is 4.79 Å². The molecule has 1 aliphatic rings. The first-order valence-electron chi connectivity index (χ1n) is 8.97. The Labute approximate surface area is 143 Å². The Kier molecular flexibility index (Phi) is 7.25. The number of carbonyl (C=O) groups is 2. The average Bonchev–Trinajstić information content (AvgIpc) is 3.04. The Morgan fingerprint density at radius 1 is 1.25 bits per heavy atom. The lowest BCUT2D eigenvalue weighted by atomic mass is 9.97. The third kappa shape index (κ3) is 5.64. The summed E-state index contributed by atoms with van der Waals surface area (Å²) in [6, 6.07) is 6.17. The lowest BCUT2D eigenvalue weighted by Crippen LogP contribution is -2.35. The number of rotatable bonds is 9. The van der Waals surface area contributed by atoms with Crippen LogP contribution in [0, 0.1) is 5.92 Å². The van der Waals surface area contributed by atoms with Gasteiger partial charge in [-0.05, 0) is 43.5 Å². The van der Waals surface area contributed by atoms with Crippen LogP contribution >= 0.6 is 0 Å². The van der Waals surface area contributed by atoms with Crippen LogP contribution in [-0.4, -0.2) is 29.6 Å². The minimum Gasteiger partial charge on any atom is -0.478 e. The maximum absolute atomic E-state index is 12.3. The van der Waals surface area contributed by atoms with Gasteiger partial charge in [0.1, 0.15) is 0 Å². The van der Waals surface area contributed by atoms with E-state index in [2.05, 4.69) is 17.6 Å². The maximum Gasteiger partial charge on any atom is 0.335 e. The average molecular weight is 332 g/mol. The van der Waals surface area contributed by atoms with Crippen LogP contribution in [0.5, 0.6) is 0 Å². The van der Waals surface area contributed by atoms with E-state index >= 15 is 0 Å². The molecule has 1 fully saturated rings. The van der Waals surface area contributed by atoms with Crippen LogP contribution in [0.4, 0.5) is 5.69 Å². The van der Waals surface area contributed by atoms with Crippen LogP contribution in [0.2, 0.25) is 0 Å². The molecular weight excluding hydrogens is 304 g/mol. The number of carbonyl (C=O) groups excluding carboxylic acids is 1. The van der Waals surface area contributed by atoms with E-state index < -0.39 is 5.97 Å². The van der Waals surface area contributed by atoms with E-state index in [1.165, 1.54) is 50.7 Å². The Bertz CT molecular complexity index is 559. The Morgan fingerprint density at radius 3 is 2.79 bits per heavy atom. The number of nitrogens with one attached hydrogen (secondary N) is 2. The number of benzene rings is 1. The van der Waals surface area contributed by atoms with Crippen molar-refractivity contribution in [3.63, 3.8) is 0 Å². The number of aromatic carboxylic acids is 1. The zero-order chi connectivity index (χ0) is 17.4. The summed E-state index contributed by atoms with van der Waals surface area (Å²) in [5, 5.41) is 15.1. The van der Waals surface area contributed by atoms with E-state index in [-0.39, 0.29) is 17.5 Å². The molecule has 0 spiro atoms. The molecule has 1 amide bonds. The Morgan fingerprint density at radius 2 is 2.04 bits per heavy atom. The highest BCUT2D eigenvalue weighted by molar-refractivity contribution is 5.96.